The first-order valence-electron chi connectivity index (χ1n) is 8.94. The number of hydrogen-bond acceptors (Lipinski definition) is 6. The minimum atomic E-state index is -0.526. The van der Waals surface area contributed by atoms with Crippen molar-refractivity contribution < 1.29 is 0 Å². The van der Waals surface area contributed by atoms with E-state index >= 15 is 0 Å². The third kappa shape index (κ3) is 4.23. The summed E-state index contributed by atoms with van der Waals surface area (Å²) in [6.45, 7) is 7.89. The number of nitrogens with one attached hydrogen (secondary N) is 2. The van der Waals surface area contributed by atoms with Gasteiger partial charge in [-0.1, -0.05) is 35.4 Å². The molecule has 0 spiro atoms. The number of benzene rings is 3. The van der Waals surface area contributed by atoms with E-state index in [9.17, 15) is 9.59 Å². The summed E-state index contributed by atoms with van der Waals surface area (Å²) in [6.07, 6.45) is 0. The summed E-state index contributed by atoms with van der Waals surface area (Å²) >= 11 is 0. The quantitative estimate of drug-likeness (QED) is 0.687. The molecule has 6 heteroatoms. The number of rotatable bonds is 4. The maximum Gasteiger partial charge on any atom is 0.237 e. The Balaban J connectivity index is 1.97. The molecular formula is C22H22N4O2. The second-order valence-corrected chi connectivity index (χ2v) is 6.84. The SMILES string of the molecule is Cc1ccc(N/N=c2/c(=O)cc/c(=N\Nc3ccc(C)cc3C)c2=O)c(C)c1. The van der Waals surface area contributed by atoms with Crippen molar-refractivity contribution in [2.45, 2.75) is 27.7 Å². The number of nitrogens with zero attached hydrogens (tertiary/aromatic N) is 2. The van der Waals surface area contributed by atoms with Gasteiger partial charge in [0.15, 0.2) is 5.36 Å². The Morgan fingerprint density at radius 2 is 1.21 bits per heavy atom. The summed E-state index contributed by atoms with van der Waals surface area (Å²) in [6, 6.07) is 14.4. The molecular weight excluding hydrogens is 352 g/mol. The van der Waals surface area contributed by atoms with Crippen LogP contribution in [0.2, 0.25) is 0 Å². The van der Waals surface area contributed by atoms with Crippen molar-refractivity contribution in [1.29, 1.82) is 0 Å². The summed E-state index contributed by atoms with van der Waals surface area (Å²) in [5.74, 6) is 0. The van der Waals surface area contributed by atoms with Crippen LogP contribution in [0.1, 0.15) is 22.3 Å². The van der Waals surface area contributed by atoms with Gasteiger partial charge in [-0.2, -0.15) is 10.2 Å². The van der Waals surface area contributed by atoms with Crippen molar-refractivity contribution >= 4 is 11.4 Å². The normalized spacial score (nSPS) is 12.3. The standard InChI is InChI=1S/C22H22N4O2/c1-13-5-7-17(15(3)11-13)23-25-19-9-10-20(27)21(22(19)28)26-24-18-8-6-14(2)12-16(18)4/h5-12,23-24H,1-4H3/b25-19+,26-21-. The van der Waals surface area contributed by atoms with Gasteiger partial charge in [-0.05, 0) is 63.1 Å². The summed E-state index contributed by atoms with van der Waals surface area (Å²) in [5, 5.41) is 8.15. The Morgan fingerprint density at radius 3 is 1.75 bits per heavy atom. The molecule has 28 heavy (non-hydrogen) atoms. The highest BCUT2D eigenvalue weighted by Crippen LogP contribution is 2.16. The molecule has 142 valence electrons. The van der Waals surface area contributed by atoms with Gasteiger partial charge in [0.1, 0.15) is 5.36 Å². The lowest BCUT2D eigenvalue weighted by atomic mass is 10.1. The van der Waals surface area contributed by atoms with Crippen LogP contribution < -0.4 is 32.4 Å². The number of anilines is 2. The maximum atomic E-state index is 12.6. The van der Waals surface area contributed by atoms with E-state index < -0.39 is 10.9 Å². The molecule has 0 atom stereocenters. The molecule has 3 rings (SSSR count). The van der Waals surface area contributed by atoms with Crippen LogP contribution in [0.3, 0.4) is 0 Å². The zero-order valence-corrected chi connectivity index (χ0v) is 16.3. The predicted molar refractivity (Wildman–Crippen MR) is 112 cm³/mol. The summed E-state index contributed by atoms with van der Waals surface area (Å²) in [7, 11) is 0. The van der Waals surface area contributed by atoms with Crippen LogP contribution in [0.15, 0.2) is 68.3 Å². The van der Waals surface area contributed by atoms with Gasteiger partial charge < -0.3 is 0 Å². The van der Waals surface area contributed by atoms with Gasteiger partial charge >= 0.3 is 0 Å². The van der Waals surface area contributed by atoms with Gasteiger partial charge in [0.2, 0.25) is 10.9 Å². The van der Waals surface area contributed by atoms with Crippen LogP contribution in [0, 0.1) is 27.7 Å². The monoisotopic (exact) mass is 374 g/mol. The zero-order chi connectivity index (χ0) is 20.3. The fraction of sp³-hybridized carbons (Fsp3) is 0.182. The van der Waals surface area contributed by atoms with E-state index in [1.54, 1.807) is 0 Å². The Labute approximate surface area is 162 Å². The smallest absolute Gasteiger partial charge is 0.237 e. The minimum absolute atomic E-state index is 0.126. The van der Waals surface area contributed by atoms with Crippen molar-refractivity contribution in [3.63, 3.8) is 0 Å². The van der Waals surface area contributed by atoms with E-state index in [0.29, 0.717) is 0 Å². The third-order valence-electron chi connectivity index (χ3n) is 4.42. The lowest BCUT2D eigenvalue weighted by molar-refractivity contribution is 1.10. The van der Waals surface area contributed by atoms with Crippen molar-refractivity contribution in [2.24, 2.45) is 10.2 Å². The summed E-state index contributed by atoms with van der Waals surface area (Å²) in [4.78, 5) is 24.8. The molecule has 0 amide bonds. The van der Waals surface area contributed by atoms with E-state index in [1.165, 1.54) is 12.1 Å². The third-order valence-corrected chi connectivity index (χ3v) is 4.42. The Hall–Kier alpha value is -3.54. The first kappa shape index (κ1) is 19.2. The van der Waals surface area contributed by atoms with Crippen molar-refractivity contribution in [1.82, 2.24) is 0 Å². The molecule has 0 aliphatic rings. The molecule has 2 N–H and O–H groups in total. The number of hydrogen-bond donors (Lipinski definition) is 2. The largest absolute Gasteiger partial charge is 0.287 e. The van der Waals surface area contributed by atoms with Gasteiger partial charge in [0, 0.05) is 0 Å². The van der Waals surface area contributed by atoms with E-state index in [1.807, 2.05) is 64.1 Å². The molecule has 0 bridgehead atoms. The lowest BCUT2D eigenvalue weighted by Crippen LogP contribution is -2.48. The molecule has 0 saturated carbocycles. The van der Waals surface area contributed by atoms with Gasteiger partial charge in [0.05, 0.1) is 11.4 Å². The highest BCUT2D eigenvalue weighted by atomic mass is 16.1. The van der Waals surface area contributed by atoms with Crippen LogP contribution in [-0.4, -0.2) is 0 Å². The van der Waals surface area contributed by atoms with Crippen LogP contribution in [-0.2, 0) is 0 Å². The second-order valence-electron chi connectivity index (χ2n) is 6.84. The van der Waals surface area contributed by atoms with Crippen LogP contribution in [0.5, 0.6) is 0 Å². The van der Waals surface area contributed by atoms with Gasteiger partial charge in [-0.3, -0.25) is 20.4 Å². The van der Waals surface area contributed by atoms with Crippen LogP contribution in [0.4, 0.5) is 11.4 Å². The predicted octanol–water partition coefficient (Wildman–Crippen LogP) is 2.37. The fourth-order valence-electron chi connectivity index (χ4n) is 2.85. The van der Waals surface area contributed by atoms with Crippen LogP contribution >= 0.6 is 0 Å². The van der Waals surface area contributed by atoms with Gasteiger partial charge in [-0.15, -0.1) is 0 Å². The van der Waals surface area contributed by atoms with Crippen molar-refractivity contribution in [3.8, 4) is 0 Å². The van der Waals surface area contributed by atoms with Crippen molar-refractivity contribution in [3.05, 3.63) is 102 Å². The van der Waals surface area contributed by atoms with Crippen molar-refractivity contribution in [2.75, 3.05) is 10.9 Å². The molecule has 0 heterocycles. The van der Waals surface area contributed by atoms with E-state index in [-0.39, 0.29) is 10.7 Å². The molecule has 6 nitrogen and oxygen atoms in total. The van der Waals surface area contributed by atoms with E-state index in [4.69, 9.17) is 0 Å². The summed E-state index contributed by atoms with van der Waals surface area (Å²) < 4.78 is 0. The van der Waals surface area contributed by atoms with Crippen LogP contribution in [0.25, 0.3) is 0 Å². The lowest BCUT2D eigenvalue weighted by Gasteiger charge is -2.05. The maximum absolute atomic E-state index is 12.6. The average molecular weight is 374 g/mol. The average Bonchev–Trinajstić information content (AvgIpc) is 2.63. The molecule has 0 aliphatic carbocycles. The molecule has 0 unspecified atom stereocenters. The fourth-order valence-corrected chi connectivity index (χ4v) is 2.85. The molecule has 3 aromatic rings. The Morgan fingerprint density at radius 1 is 0.679 bits per heavy atom. The summed E-state index contributed by atoms with van der Waals surface area (Å²) in [5.41, 5.74) is 10.5. The highest BCUT2D eigenvalue weighted by molar-refractivity contribution is 5.52. The van der Waals surface area contributed by atoms with E-state index in [2.05, 4.69) is 21.1 Å². The highest BCUT2D eigenvalue weighted by Gasteiger charge is 2.03. The van der Waals surface area contributed by atoms with E-state index in [0.717, 1.165) is 33.6 Å². The first-order valence-corrected chi connectivity index (χ1v) is 8.94. The molecule has 0 radical (unpaired) electrons. The first-order chi connectivity index (χ1) is 13.3. The minimum Gasteiger partial charge on any atom is -0.287 e. The zero-order valence-electron chi connectivity index (χ0n) is 16.3. The number of aryl methyl sites for hydroxylation is 4. The molecule has 0 saturated heterocycles. The molecule has 0 aliphatic heterocycles. The second kappa shape index (κ2) is 8.00. The topological polar surface area (TPSA) is 82.9 Å². The molecule has 0 fully saturated rings. The molecule has 3 aromatic carbocycles. The van der Waals surface area contributed by atoms with Gasteiger partial charge in [0.25, 0.3) is 0 Å². The molecule has 0 aromatic heterocycles. The Bertz CT molecular complexity index is 1250. The van der Waals surface area contributed by atoms with Gasteiger partial charge in [-0.25, -0.2) is 0 Å². The Kier molecular flexibility index (Phi) is 5.49.